The number of halogens is 4. The number of guanidine groups is 1. The monoisotopic (exact) mass is 564 g/mol. The molecule has 2 aromatic rings. The molecule has 0 saturated heterocycles. The quantitative estimate of drug-likeness (QED) is 0.320. The van der Waals surface area contributed by atoms with Crippen molar-refractivity contribution in [3.8, 4) is 11.5 Å². The van der Waals surface area contributed by atoms with Crippen LogP contribution in [0.1, 0.15) is 16.7 Å². The predicted octanol–water partition coefficient (Wildman–Crippen LogP) is 3.38. The fourth-order valence-electron chi connectivity index (χ4n) is 2.74. The van der Waals surface area contributed by atoms with Gasteiger partial charge in [-0.05, 0) is 35.4 Å². The van der Waals surface area contributed by atoms with Crippen molar-refractivity contribution >= 4 is 35.8 Å². The number of alkyl halides is 3. The van der Waals surface area contributed by atoms with E-state index in [0.29, 0.717) is 29.6 Å². The molecule has 0 saturated carbocycles. The van der Waals surface area contributed by atoms with Crippen LogP contribution in [-0.4, -0.2) is 44.2 Å². The van der Waals surface area contributed by atoms with E-state index in [1.807, 2.05) is 12.1 Å². The molecule has 0 radical (unpaired) electrons. The number of aliphatic imine (C=N–C) groups is 1. The molecular formula is C21H24F3IN4O3. The van der Waals surface area contributed by atoms with Gasteiger partial charge < -0.3 is 25.0 Å². The van der Waals surface area contributed by atoms with E-state index in [2.05, 4.69) is 15.6 Å². The predicted molar refractivity (Wildman–Crippen MR) is 124 cm³/mol. The maximum Gasteiger partial charge on any atom is 0.416 e. The minimum atomic E-state index is -4.42. The largest absolute Gasteiger partial charge is 0.454 e. The molecule has 1 heterocycles. The lowest BCUT2D eigenvalue weighted by atomic mass is 10.1. The Morgan fingerprint density at radius 3 is 2.53 bits per heavy atom. The molecule has 0 spiro atoms. The van der Waals surface area contributed by atoms with Gasteiger partial charge in [0.1, 0.15) is 0 Å². The first-order chi connectivity index (χ1) is 14.7. The summed E-state index contributed by atoms with van der Waals surface area (Å²) in [6.07, 6.45) is -4.42. The standard InChI is InChI=1S/C21H23F3N4O3.HI/c1-28(2)19(29)12-27-20(25-10-14-4-3-5-16(8-14)21(22,23)24)26-11-15-6-7-17-18(9-15)31-13-30-17;/h3-9H,10-13H2,1-2H3,(H2,25,26,27);1H. The molecule has 1 amide bonds. The number of benzene rings is 2. The van der Waals surface area contributed by atoms with Gasteiger partial charge in [0.05, 0.1) is 18.7 Å². The minimum Gasteiger partial charge on any atom is -0.454 e. The van der Waals surface area contributed by atoms with Crippen molar-refractivity contribution < 1.29 is 27.4 Å². The van der Waals surface area contributed by atoms with E-state index >= 15 is 0 Å². The second kappa shape index (κ2) is 11.2. The van der Waals surface area contributed by atoms with Crippen molar-refractivity contribution in [2.75, 3.05) is 27.4 Å². The molecule has 174 valence electrons. The topological polar surface area (TPSA) is 75.2 Å². The Balaban J connectivity index is 0.00000363. The van der Waals surface area contributed by atoms with Crippen LogP contribution in [-0.2, 0) is 24.1 Å². The van der Waals surface area contributed by atoms with Gasteiger partial charge in [-0.2, -0.15) is 13.2 Å². The van der Waals surface area contributed by atoms with E-state index in [1.54, 1.807) is 26.2 Å². The van der Waals surface area contributed by atoms with Crippen LogP contribution in [0.15, 0.2) is 47.5 Å². The SMILES string of the molecule is CN(C)C(=O)CNC(=NCc1cccc(C(F)(F)F)c1)NCc1ccc2c(c1)OCO2.I. The molecule has 0 atom stereocenters. The van der Waals surface area contributed by atoms with Crippen LogP contribution >= 0.6 is 24.0 Å². The van der Waals surface area contributed by atoms with E-state index in [4.69, 9.17) is 9.47 Å². The van der Waals surface area contributed by atoms with Gasteiger partial charge in [-0.25, -0.2) is 4.99 Å². The summed E-state index contributed by atoms with van der Waals surface area (Å²) in [6.45, 7) is 0.532. The van der Waals surface area contributed by atoms with Crippen molar-refractivity contribution in [3.63, 3.8) is 0 Å². The Morgan fingerprint density at radius 2 is 1.81 bits per heavy atom. The number of nitrogens with one attached hydrogen (secondary N) is 2. The third-order valence-corrected chi connectivity index (χ3v) is 4.48. The van der Waals surface area contributed by atoms with Gasteiger partial charge in [-0.15, -0.1) is 24.0 Å². The Labute approximate surface area is 201 Å². The first-order valence-electron chi connectivity index (χ1n) is 9.49. The van der Waals surface area contributed by atoms with E-state index < -0.39 is 11.7 Å². The molecule has 3 rings (SSSR count). The van der Waals surface area contributed by atoms with Gasteiger partial charge in [-0.3, -0.25) is 4.79 Å². The average molecular weight is 564 g/mol. The van der Waals surface area contributed by atoms with Crippen molar-refractivity contribution in [1.29, 1.82) is 0 Å². The fraction of sp³-hybridized carbons (Fsp3) is 0.333. The molecule has 0 bridgehead atoms. The Bertz CT molecular complexity index is 968. The zero-order valence-electron chi connectivity index (χ0n) is 17.5. The zero-order chi connectivity index (χ0) is 22.4. The highest BCUT2D eigenvalue weighted by Crippen LogP contribution is 2.32. The summed E-state index contributed by atoms with van der Waals surface area (Å²) < 4.78 is 49.4. The van der Waals surface area contributed by atoms with Crippen LogP contribution in [0.4, 0.5) is 13.2 Å². The lowest BCUT2D eigenvalue weighted by Crippen LogP contribution is -2.42. The van der Waals surface area contributed by atoms with Gasteiger partial charge >= 0.3 is 6.18 Å². The number of ether oxygens (including phenoxy) is 2. The molecule has 1 aliphatic rings. The lowest BCUT2D eigenvalue weighted by molar-refractivity contribution is -0.137. The van der Waals surface area contributed by atoms with Crippen LogP contribution in [0.25, 0.3) is 0 Å². The van der Waals surface area contributed by atoms with E-state index in [-0.39, 0.29) is 49.8 Å². The maximum atomic E-state index is 12.9. The third-order valence-electron chi connectivity index (χ3n) is 4.48. The van der Waals surface area contributed by atoms with Gasteiger partial charge in [0.15, 0.2) is 17.5 Å². The number of likely N-dealkylation sites (N-methyl/N-ethyl adjacent to an activating group) is 1. The van der Waals surface area contributed by atoms with Crippen LogP contribution in [0.3, 0.4) is 0 Å². The highest BCUT2D eigenvalue weighted by atomic mass is 127. The summed E-state index contributed by atoms with van der Waals surface area (Å²) in [7, 11) is 3.26. The number of rotatable bonds is 6. The molecule has 0 aliphatic carbocycles. The van der Waals surface area contributed by atoms with Crippen molar-refractivity contribution in [2.24, 2.45) is 4.99 Å². The first-order valence-corrected chi connectivity index (χ1v) is 9.49. The number of hydrogen-bond acceptors (Lipinski definition) is 4. The zero-order valence-corrected chi connectivity index (χ0v) is 19.9. The van der Waals surface area contributed by atoms with E-state index in [1.165, 1.54) is 11.0 Å². The number of amides is 1. The molecule has 2 N–H and O–H groups in total. The highest BCUT2D eigenvalue weighted by Gasteiger charge is 2.30. The van der Waals surface area contributed by atoms with E-state index in [9.17, 15) is 18.0 Å². The average Bonchev–Trinajstić information content (AvgIpc) is 3.20. The second-order valence-corrected chi connectivity index (χ2v) is 7.05. The number of fused-ring (bicyclic) bond motifs is 1. The Kier molecular flexibility index (Phi) is 8.99. The summed E-state index contributed by atoms with van der Waals surface area (Å²) in [5.41, 5.74) is 0.556. The molecular weight excluding hydrogens is 540 g/mol. The van der Waals surface area contributed by atoms with Gasteiger partial charge in [0.25, 0.3) is 0 Å². The lowest BCUT2D eigenvalue weighted by Gasteiger charge is -2.15. The van der Waals surface area contributed by atoms with Crippen molar-refractivity contribution in [3.05, 3.63) is 59.2 Å². The Hall–Kier alpha value is -2.70. The highest BCUT2D eigenvalue weighted by molar-refractivity contribution is 14.0. The fourth-order valence-corrected chi connectivity index (χ4v) is 2.74. The molecule has 0 unspecified atom stereocenters. The molecule has 0 aromatic heterocycles. The van der Waals surface area contributed by atoms with Crippen molar-refractivity contribution in [1.82, 2.24) is 15.5 Å². The van der Waals surface area contributed by atoms with Crippen LogP contribution in [0.2, 0.25) is 0 Å². The molecule has 32 heavy (non-hydrogen) atoms. The summed E-state index contributed by atoms with van der Waals surface area (Å²) >= 11 is 0. The number of carbonyl (C=O) groups is 1. The normalized spacial score (nSPS) is 12.7. The molecule has 2 aromatic carbocycles. The first kappa shape index (κ1) is 25.6. The maximum absolute atomic E-state index is 12.9. The molecule has 0 fully saturated rings. The van der Waals surface area contributed by atoms with Crippen LogP contribution < -0.4 is 20.1 Å². The van der Waals surface area contributed by atoms with Crippen LogP contribution in [0.5, 0.6) is 11.5 Å². The minimum absolute atomic E-state index is 0. The molecule has 7 nitrogen and oxygen atoms in total. The summed E-state index contributed by atoms with van der Waals surface area (Å²) in [6, 6.07) is 10.5. The Morgan fingerprint density at radius 1 is 1.06 bits per heavy atom. The molecule has 11 heteroatoms. The summed E-state index contributed by atoms with van der Waals surface area (Å²) in [5.74, 6) is 1.43. The van der Waals surface area contributed by atoms with Crippen molar-refractivity contribution in [2.45, 2.75) is 19.3 Å². The van der Waals surface area contributed by atoms with E-state index in [0.717, 1.165) is 17.7 Å². The number of carbonyl (C=O) groups excluding carboxylic acids is 1. The van der Waals surface area contributed by atoms with Gasteiger partial charge in [-0.1, -0.05) is 18.2 Å². The molecule has 1 aliphatic heterocycles. The summed E-state index contributed by atoms with van der Waals surface area (Å²) in [4.78, 5) is 17.7. The van der Waals surface area contributed by atoms with Crippen LogP contribution in [0, 0.1) is 0 Å². The van der Waals surface area contributed by atoms with Gasteiger partial charge in [0.2, 0.25) is 12.7 Å². The third kappa shape index (κ3) is 7.18. The van der Waals surface area contributed by atoms with Gasteiger partial charge in [0, 0.05) is 20.6 Å². The second-order valence-electron chi connectivity index (χ2n) is 7.05. The summed E-state index contributed by atoms with van der Waals surface area (Å²) in [5, 5.41) is 5.99. The smallest absolute Gasteiger partial charge is 0.416 e. The number of nitrogens with zero attached hydrogens (tertiary/aromatic N) is 2. The number of hydrogen-bond donors (Lipinski definition) is 2.